The van der Waals surface area contributed by atoms with Crippen LogP contribution in [-0.2, 0) is 56.1 Å². The van der Waals surface area contributed by atoms with Crippen molar-refractivity contribution in [2.75, 3.05) is 54.4 Å². The Balaban J connectivity index is 1.40. The van der Waals surface area contributed by atoms with Crippen LogP contribution < -0.4 is 19.1 Å². The fourth-order valence-electron chi connectivity index (χ4n) is 7.55. The maximum Gasteiger partial charge on any atom is 0.365 e. The monoisotopic (exact) mass is 1010 g/mol. The zero-order valence-corrected chi connectivity index (χ0v) is 44.3. The second kappa shape index (κ2) is 38.5. The Morgan fingerprint density at radius 3 is 1.66 bits per heavy atom. The first-order chi connectivity index (χ1) is 35.6. The molecule has 14 heteroatoms. The molecule has 3 aromatic rings. The summed E-state index contributed by atoms with van der Waals surface area (Å²) < 4.78 is 32.3. The standard InChI is InChI=1S/C59H82O14/c1-7-8-38-67-52-34-29-48(44-54(52)64-4)32-37-57(61)73-71-42-25-19-15-21-27-50-33-28-47(26-20-14-18-24-41-70-72-53-35-30-49(45-55(53)65-5)31-36-56(60)66-6)43-51(50)59(63)69-40-23-17-13-11-9-10-12-16-22-39-68-58(62)46(2)3/h28-37,43-45H,2,7-27,38-42H2,1,3-6H3. The highest BCUT2D eigenvalue weighted by Gasteiger charge is 2.15. The van der Waals surface area contributed by atoms with Gasteiger partial charge in [-0.05, 0) is 129 Å². The van der Waals surface area contributed by atoms with Crippen LogP contribution in [0.1, 0.15) is 168 Å². The van der Waals surface area contributed by atoms with E-state index in [-0.39, 0.29) is 18.5 Å². The van der Waals surface area contributed by atoms with Gasteiger partial charge in [0, 0.05) is 17.7 Å². The van der Waals surface area contributed by atoms with Gasteiger partial charge in [0.2, 0.25) is 5.75 Å². The van der Waals surface area contributed by atoms with E-state index in [0.29, 0.717) is 60.6 Å². The van der Waals surface area contributed by atoms with Gasteiger partial charge >= 0.3 is 23.9 Å². The van der Waals surface area contributed by atoms with Crippen molar-refractivity contribution in [3.05, 3.63) is 107 Å². The van der Waals surface area contributed by atoms with Crippen LogP contribution in [0, 0.1) is 0 Å². The van der Waals surface area contributed by atoms with Crippen LogP contribution in [0.3, 0.4) is 0 Å². The van der Waals surface area contributed by atoms with Gasteiger partial charge < -0.3 is 33.3 Å². The second-order valence-corrected chi connectivity index (χ2v) is 17.9. The number of unbranched alkanes of at least 4 members (excludes halogenated alkanes) is 15. The summed E-state index contributed by atoms with van der Waals surface area (Å²) in [6.45, 7) is 9.51. The minimum Gasteiger partial charge on any atom is -0.493 e. The molecule has 0 aromatic heterocycles. The van der Waals surface area contributed by atoms with Gasteiger partial charge in [-0.25, -0.2) is 19.2 Å². The van der Waals surface area contributed by atoms with Gasteiger partial charge in [0.25, 0.3) is 0 Å². The van der Waals surface area contributed by atoms with Crippen LogP contribution in [0.15, 0.2) is 78.9 Å². The minimum absolute atomic E-state index is 0.274. The molecule has 0 atom stereocenters. The number of ether oxygens (including phenoxy) is 6. The molecule has 0 radical (unpaired) electrons. The largest absolute Gasteiger partial charge is 0.493 e. The van der Waals surface area contributed by atoms with Crippen molar-refractivity contribution in [1.29, 1.82) is 0 Å². The first-order valence-electron chi connectivity index (χ1n) is 26.3. The summed E-state index contributed by atoms with van der Waals surface area (Å²) in [4.78, 5) is 69.9. The molecule has 3 aromatic carbocycles. The number of rotatable bonds is 41. The summed E-state index contributed by atoms with van der Waals surface area (Å²) in [7, 11) is 4.45. The molecule has 0 saturated carbocycles. The number of carbonyl (C=O) groups is 4. The SMILES string of the molecule is C=C(C)C(=O)OCCCCCCCCCCCOC(=O)c1cc(CCCCCCOOc2ccc(C=CC(=O)OC)cc2OC)ccc1CCCCCCOOC(=O)C=Cc1ccc(OCCCC)c(OC)c1. The highest BCUT2D eigenvalue weighted by atomic mass is 17.2. The summed E-state index contributed by atoms with van der Waals surface area (Å²) in [5.74, 6) is 0.536. The van der Waals surface area contributed by atoms with Gasteiger partial charge in [0.05, 0.1) is 59.9 Å². The van der Waals surface area contributed by atoms with Crippen molar-refractivity contribution in [3.63, 3.8) is 0 Å². The van der Waals surface area contributed by atoms with Crippen molar-refractivity contribution in [3.8, 4) is 23.0 Å². The van der Waals surface area contributed by atoms with Crippen molar-refractivity contribution < 1.29 is 67.1 Å². The van der Waals surface area contributed by atoms with Crippen LogP contribution >= 0.6 is 0 Å². The summed E-state index contributed by atoms with van der Waals surface area (Å²) in [5, 5.41) is 0. The van der Waals surface area contributed by atoms with E-state index in [1.54, 1.807) is 50.5 Å². The predicted octanol–water partition coefficient (Wildman–Crippen LogP) is 13.3. The van der Waals surface area contributed by atoms with E-state index in [1.165, 1.54) is 26.4 Å². The molecule has 73 heavy (non-hydrogen) atoms. The maximum absolute atomic E-state index is 13.6. The van der Waals surface area contributed by atoms with Crippen molar-refractivity contribution in [1.82, 2.24) is 0 Å². The molecule has 0 unspecified atom stereocenters. The summed E-state index contributed by atoms with van der Waals surface area (Å²) in [6, 6.07) is 16.9. The number of methoxy groups -OCH3 is 3. The lowest BCUT2D eigenvalue weighted by Crippen LogP contribution is -2.10. The third kappa shape index (κ3) is 26.9. The summed E-state index contributed by atoms with van der Waals surface area (Å²) in [6.07, 6.45) is 26.0. The predicted molar refractivity (Wildman–Crippen MR) is 283 cm³/mol. The van der Waals surface area contributed by atoms with Crippen LogP contribution in [0.4, 0.5) is 0 Å². The minimum atomic E-state index is -0.601. The van der Waals surface area contributed by atoms with Crippen molar-refractivity contribution >= 4 is 36.0 Å². The molecule has 0 aliphatic rings. The van der Waals surface area contributed by atoms with Gasteiger partial charge in [-0.2, -0.15) is 9.78 Å². The zero-order valence-electron chi connectivity index (χ0n) is 44.3. The van der Waals surface area contributed by atoms with E-state index >= 15 is 0 Å². The average Bonchev–Trinajstić information content (AvgIpc) is 3.40. The van der Waals surface area contributed by atoms with Gasteiger partial charge in [-0.15, -0.1) is 0 Å². The molecule has 3 rings (SSSR count). The van der Waals surface area contributed by atoms with E-state index in [0.717, 1.165) is 157 Å². The van der Waals surface area contributed by atoms with E-state index in [4.69, 9.17) is 43.2 Å². The Morgan fingerprint density at radius 2 is 1.05 bits per heavy atom. The molecular formula is C59H82O14. The Labute approximate surface area is 434 Å². The van der Waals surface area contributed by atoms with E-state index in [2.05, 4.69) is 30.4 Å². The number of benzene rings is 3. The first kappa shape index (κ1) is 61.2. The lowest BCUT2D eigenvalue weighted by molar-refractivity contribution is -0.267. The number of esters is 3. The highest BCUT2D eigenvalue weighted by molar-refractivity contribution is 5.91. The van der Waals surface area contributed by atoms with E-state index in [1.807, 2.05) is 18.2 Å². The lowest BCUT2D eigenvalue weighted by atomic mass is 9.96. The van der Waals surface area contributed by atoms with Gasteiger partial charge in [0.1, 0.15) is 0 Å². The number of aryl methyl sites for hydroxylation is 2. The molecule has 0 saturated heterocycles. The smallest absolute Gasteiger partial charge is 0.365 e. The summed E-state index contributed by atoms with van der Waals surface area (Å²) >= 11 is 0. The third-order valence-corrected chi connectivity index (χ3v) is 11.8. The molecule has 0 aliphatic carbocycles. The van der Waals surface area contributed by atoms with Crippen LogP contribution in [0.2, 0.25) is 0 Å². The third-order valence-electron chi connectivity index (χ3n) is 11.8. The lowest BCUT2D eigenvalue weighted by Gasteiger charge is -2.13. The van der Waals surface area contributed by atoms with Crippen molar-refractivity contribution in [2.45, 2.75) is 149 Å². The molecule has 0 spiro atoms. The highest BCUT2D eigenvalue weighted by Crippen LogP contribution is 2.30. The van der Waals surface area contributed by atoms with E-state index in [9.17, 15) is 19.2 Å². The first-order valence-corrected chi connectivity index (χ1v) is 26.3. The van der Waals surface area contributed by atoms with Gasteiger partial charge in [-0.3, -0.25) is 4.89 Å². The molecule has 0 aliphatic heterocycles. The Morgan fingerprint density at radius 1 is 0.521 bits per heavy atom. The second-order valence-electron chi connectivity index (χ2n) is 17.9. The number of hydrogen-bond acceptors (Lipinski definition) is 14. The van der Waals surface area contributed by atoms with Crippen LogP contribution in [0.5, 0.6) is 23.0 Å². The van der Waals surface area contributed by atoms with Crippen molar-refractivity contribution in [2.24, 2.45) is 0 Å². The maximum atomic E-state index is 13.6. The Hall–Kier alpha value is -6.12. The quantitative estimate of drug-likeness (QED) is 0.0132. The van der Waals surface area contributed by atoms with Crippen LogP contribution in [0.25, 0.3) is 12.2 Å². The summed E-state index contributed by atoms with van der Waals surface area (Å²) in [5.41, 5.74) is 4.68. The molecule has 0 fully saturated rings. The molecule has 0 bridgehead atoms. The topological polar surface area (TPSA) is 161 Å². The molecule has 402 valence electrons. The number of carbonyl (C=O) groups excluding carboxylic acids is 4. The normalized spacial score (nSPS) is 11.1. The van der Waals surface area contributed by atoms with Gasteiger partial charge in [0.15, 0.2) is 17.2 Å². The molecular weight excluding hydrogens is 933 g/mol. The Bertz CT molecular complexity index is 2140. The molecule has 14 nitrogen and oxygen atoms in total. The molecule has 0 N–H and O–H groups in total. The Kier molecular flexibility index (Phi) is 32.3. The average molecular weight is 1020 g/mol. The molecule has 0 heterocycles. The van der Waals surface area contributed by atoms with Gasteiger partial charge in [-0.1, -0.05) is 115 Å². The fraction of sp³-hybridized carbons (Fsp3) is 0.525. The van der Waals surface area contributed by atoms with E-state index < -0.39 is 11.9 Å². The molecule has 0 amide bonds. The zero-order chi connectivity index (χ0) is 52.7. The number of hydrogen-bond donors (Lipinski definition) is 0. The fourth-order valence-corrected chi connectivity index (χ4v) is 7.55. The van der Waals surface area contributed by atoms with Crippen LogP contribution in [-0.4, -0.2) is 78.2 Å².